The molecule has 0 saturated heterocycles. The van der Waals surface area contributed by atoms with Crippen molar-refractivity contribution in [3.8, 4) is 0 Å². The third kappa shape index (κ3) is 2.85. The minimum atomic E-state index is 1.000. The summed E-state index contributed by atoms with van der Waals surface area (Å²) in [6.07, 6.45) is 1.90. The fraction of sp³-hybridized carbons (Fsp3) is 0.389. The molecule has 0 amide bonds. The standard InChI is InChI=1S/C18H24N3S/c1-4-21(3,5-2)14-13-20-15-9-6-7-10-16(15)22-17-11-8-12-19-18(17)20/h6-12H,4-5,13-14H2,1-3H3/q+1. The molecule has 0 fully saturated rings. The third-order valence-corrected chi connectivity index (χ3v) is 5.88. The number of para-hydroxylation sites is 1. The third-order valence-electron chi connectivity index (χ3n) is 4.77. The van der Waals surface area contributed by atoms with Crippen molar-refractivity contribution in [2.45, 2.75) is 23.6 Å². The summed E-state index contributed by atoms with van der Waals surface area (Å²) in [6.45, 7) is 9.00. The van der Waals surface area contributed by atoms with Gasteiger partial charge in [-0.1, -0.05) is 23.9 Å². The Morgan fingerprint density at radius 3 is 2.55 bits per heavy atom. The van der Waals surface area contributed by atoms with Gasteiger partial charge in [0.15, 0.2) is 0 Å². The lowest BCUT2D eigenvalue weighted by molar-refractivity contribution is -0.904. The topological polar surface area (TPSA) is 16.1 Å². The monoisotopic (exact) mass is 314 g/mol. The quantitative estimate of drug-likeness (QED) is 0.771. The molecule has 1 aliphatic heterocycles. The van der Waals surface area contributed by atoms with Gasteiger partial charge in [0.2, 0.25) is 0 Å². The first-order valence-electron chi connectivity index (χ1n) is 8.00. The fourth-order valence-corrected chi connectivity index (χ4v) is 3.84. The highest BCUT2D eigenvalue weighted by molar-refractivity contribution is 7.99. The summed E-state index contributed by atoms with van der Waals surface area (Å²) in [5.74, 6) is 1.10. The number of rotatable bonds is 5. The molecule has 1 aromatic carbocycles. The molecule has 0 bridgehead atoms. The van der Waals surface area contributed by atoms with Crippen LogP contribution in [-0.4, -0.2) is 42.7 Å². The van der Waals surface area contributed by atoms with Gasteiger partial charge >= 0.3 is 0 Å². The molecule has 3 nitrogen and oxygen atoms in total. The predicted octanol–water partition coefficient (Wildman–Crippen LogP) is 4.17. The van der Waals surface area contributed by atoms with Crippen molar-refractivity contribution in [1.82, 2.24) is 4.98 Å². The van der Waals surface area contributed by atoms with E-state index in [0.29, 0.717) is 0 Å². The van der Waals surface area contributed by atoms with Crippen LogP contribution in [0.15, 0.2) is 52.4 Å². The normalized spacial score (nSPS) is 13.7. The second kappa shape index (κ2) is 6.31. The molecule has 0 atom stereocenters. The van der Waals surface area contributed by atoms with E-state index in [1.165, 1.54) is 15.5 Å². The summed E-state index contributed by atoms with van der Waals surface area (Å²) >= 11 is 1.82. The number of fused-ring (bicyclic) bond motifs is 2. The number of quaternary nitrogens is 1. The van der Waals surface area contributed by atoms with E-state index in [9.17, 15) is 0 Å². The fourth-order valence-electron chi connectivity index (χ4n) is 2.77. The second-order valence-corrected chi connectivity index (χ2v) is 7.11. The van der Waals surface area contributed by atoms with Gasteiger partial charge in [-0.2, -0.15) is 0 Å². The molecule has 22 heavy (non-hydrogen) atoms. The van der Waals surface area contributed by atoms with Crippen molar-refractivity contribution in [3.05, 3.63) is 42.6 Å². The summed E-state index contributed by atoms with van der Waals surface area (Å²) in [4.78, 5) is 9.62. The largest absolute Gasteiger partial charge is 0.325 e. The van der Waals surface area contributed by atoms with E-state index in [1.807, 2.05) is 24.0 Å². The molecule has 0 unspecified atom stereocenters. The van der Waals surface area contributed by atoms with Gasteiger partial charge in [-0.25, -0.2) is 4.98 Å². The Morgan fingerprint density at radius 2 is 1.77 bits per heavy atom. The Hall–Kier alpha value is -1.52. The molecule has 116 valence electrons. The highest BCUT2D eigenvalue weighted by Gasteiger charge is 2.26. The minimum Gasteiger partial charge on any atom is -0.325 e. The van der Waals surface area contributed by atoms with Gasteiger partial charge < -0.3 is 9.38 Å². The smallest absolute Gasteiger partial charge is 0.147 e. The number of anilines is 2. The number of likely N-dealkylation sites (N-methyl/N-ethyl adjacent to an activating group) is 1. The summed E-state index contributed by atoms with van der Waals surface area (Å²) in [5.41, 5.74) is 1.29. The van der Waals surface area contributed by atoms with Crippen LogP contribution in [0.4, 0.5) is 11.5 Å². The first-order valence-corrected chi connectivity index (χ1v) is 8.81. The van der Waals surface area contributed by atoms with Crippen molar-refractivity contribution in [1.29, 1.82) is 0 Å². The molecule has 0 spiro atoms. The molecule has 0 saturated carbocycles. The molecule has 0 aliphatic carbocycles. The lowest BCUT2D eigenvalue weighted by Crippen LogP contribution is -2.48. The zero-order chi connectivity index (χ0) is 15.6. The number of benzene rings is 1. The molecule has 0 radical (unpaired) electrons. The average Bonchev–Trinajstić information content (AvgIpc) is 2.58. The molecule has 1 aliphatic rings. The maximum Gasteiger partial charge on any atom is 0.147 e. The van der Waals surface area contributed by atoms with Crippen LogP contribution in [0.25, 0.3) is 0 Å². The van der Waals surface area contributed by atoms with Crippen LogP contribution in [0.3, 0.4) is 0 Å². The van der Waals surface area contributed by atoms with E-state index in [4.69, 9.17) is 0 Å². The highest BCUT2D eigenvalue weighted by atomic mass is 32.2. The van der Waals surface area contributed by atoms with Crippen molar-refractivity contribution < 1.29 is 4.48 Å². The van der Waals surface area contributed by atoms with Gasteiger partial charge in [0.25, 0.3) is 0 Å². The van der Waals surface area contributed by atoms with Crippen LogP contribution >= 0.6 is 11.8 Å². The highest BCUT2D eigenvalue weighted by Crippen LogP contribution is 2.46. The van der Waals surface area contributed by atoms with Crippen LogP contribution in [0.1, 0.15) is 13.8 Å². The lowest BCUT2D eigenvalue weighted by Gasteiger charge is -2.37. The van der Waals surface area contributed by atoms with Gasteiger partial charge in [-0.15, -0.1) is 0 Å². The number of hydrogen-bond donors (Lipinski definition) is 0. The first kappa shape index (κ1) is 15.4. The molecule has 4 heteroatoms. The maximum absolute atomic E-state index is 4.65. The van der Waals surface area contributed by atoms with E-state index in [1.54, 1.807) is 0 Å². The second-order valence-electron chi connectivity index (χ2n) is 6.02. The van der Waals surface area contributed by atoms with Crippen LogP contribution in [0, 0.1) is 0 Å². The van der Waals surface area contributed by atoms with E-state index < -0.39 is 0 Å². The van der Waals surface area contributed by atoms with Gasteiger partial charge in [0.1, 0.15) is 5.82 Å². The Kier molecular flexibility index (Phi) is 4.41. The molecule has 2 aromatic rings. The average molecular weight is 314 g/mol. The maximum atomic E-state index is 4.65. The van der Waals surface area contributed by atoms with Gasteiger partial charge in [0.05, 0.1) is 43.8 Å². The zero-order valence-corrected chi connectivity index (χ0v) is 14.4. The van der Waals surface area contributed by atoms with Gasteiger partial charge in [-0.05, 0) is 38.1 Å². The van der Waals surface area contributed by atoms with Crippen molar-refractivity contribution in [2.75, 3.05) is 38.1 Å². The minimum absolute atomic E-state index is 1.000. The van der Waals surface area contributed by atoms with Crippen molar-refractivity contribution in [2.24, 2.45) is 0 Å². The number of nitrogens with zero attached hydrogens (tertiary/aromatic N) is 3. The number of pyridine rings is 1. The van der Waals surface area contributed by atoms with Crippen molar-refractivity contribution >= 4 is 23.3 Å². The number of hydrogen-bond acceptors (Lipinski definition) is 3. The SMILES string of the molecule is CC[N+](C)(CC)CCN1c2ccccc2Sc2cccnc21. The molecule has 2 heterocycles. The Balaban J connectivity index is 1.93. The predicted molar refractivity (Wildman–Crippen MR) is 93.9 cm³/mol. The molecule has 1 aromatic heterocycles. The van der Waals surface area contributed by atoms with E-state index in [2.05, 4.69) is 61.1 Å². The number of aromatic nitrogens is 1. The van der Waals surface area contributed by atoms with E-state index >= 15 is 0 Å². The summed E-state index contributed by atoms with van der Waals surface area (Å²) < 4.78 is 1.09. The van der Waals surface area contributed by atoms with Crippen LogP contribution in [0.5, 0.6) is 0 Å². The molecule has 3 rings (SSSR count). The van der Waals surface area contributed by atoms with Crippen LogP contribution in [-0.2, 0) is 0 Å². The first-order chi connectivity index (χ1) is 10.7. The summed E-state index contributed by atoms with van der Waals surface area (Å²) in [6, 6.07) is 12.8. The molecular weight excluding hydrogens is 290 g/mol. The molecule has 0 N–H and O–H groups in total. The van der Waals surface area contributed by atoms with E-state index in [0.717, 1.165) is 36.5 Å². The lowest BCUT2D eigenvalue weighted by atomic mass is 10.2. The Morgan fingerprint density at radius 1 is 1.05 bits per heavy atom. The summed E-state index contributed by atoms with van der Waals surface area (Å²) in [5, 5.41) is 0. The van der Waals surface area contributed by atoms with E-state index in [-0.39, 0.29) is 0 Å². The van der Waals surface area contributed by atoms with Gasteiger partial charge in [0, 0.05) is 11.1 Å². The van der Waals surface area contributed by atoms with Crippen LogP contribution < -0.4 is 4.90 Å². The van der Waals surface area contributed by atoms with Gasteiger partial charge in [-0.3, -0.25) is 0 Å². The van der Waals surface area contributed by atoms with Crippen LogP contribution in [0.2, 0.25) is 0 Å². The molecular formula is C18H24N3S+. The summed E-state index contributed by atoms with van der Waals surface area (Å²) in [7, 11) is 2.34. The van der Waals surface area contributed by atoms with Crippen molar-refractivity contribution in [3.63, 3.8) is 0 Å². The Bertz CT molecular complexity index is 607. The zero-order valence-electron chi connectivity index (χ0n) is 13.6. The Labute approximate surface area is 137 Å².